The van der Waals surface area contributed by atoms with Gasteiger partial charge in [0.05, 0.1) is 5.71 Å². The Kier molecular flexibility index (Phi) is 5.93. The van der Waals surface area contributed by atoms with Crippen molar-refractivity contribution in [2.75, 3.05) is 0 Å². The topological polar surface area (TPSA) is 96.6 Å². The summed E-state index contributed by atoms with van der Waals surface area (Å²) in [5, 5.41) is 7.24. The normalized spacial score (nSPS) is 14.2. The van der Waals surface area contributed by atoms with E-state index < -0.39 is 0 Å². The molecule has 1 aromatic carbocycles. The van der Waals surface area contributed by atoms with Crippen molar-refractivity contribution in [3.05, 3.63) is 88.1 Å². The summed E-state index contributed by atoms with van der Waals surface area (Å²) in [5.74, 6) is 0.389. The molecule has 2 aromatic heterocycles. The fourth-order valence-electron chi connectivity index (χ4n) is 3.64. The number of nitrogens with zero attached hydrogens (tertiary/aromatic N) is 2. The zero-order valence-corrected chi connectivity index (χ0v) is 17.6. The molecule has 2 amide bonds. The lowest BCUT2D eigenvalue weighted by Gasteiger charge is -2.13. The van der Waals surface area contributed by atoms with Gasteiger partial charge in [0.25, 0.3) is 11.8 Å². The summed E-state index contributed by atoms with van der Waals surface area (Å²) in [6.45, 7) is 4.30. The number of aromatic nitrogens is 1. The third-order valence-corrected chi connectivity index (χ3v) is 5.30. The van der Waals surface area contributed by atoms with E-state index in [1.165, 1.54) is 5.56 Å². The maximum Gasteiger partial charge on any atom is 0.289 e. The van der Waals surface area contributed by atoms with E-state index >= 15 is 0 Å². The van der Waals surface area contributed by atoms with E-state index in [1.54, 1.807) is 24.4 Å². The first kappa shape index (κ1) is 20.5. The van der Waals surface area contributed by atoms with Crippen molar-refractivity contribution in [1.29, 1.82) is 0 Å². The zero-order chi connectivity index (χ0) is 21.8. The molecule has 0 aliphatic heterocycles. The number of carbonyl (C=O) groups excluding carboxylic acids is 2. The highest BCUT2D eigenvalue weighted by Crippen LogP contribution is 2.30. The second kappa shape index (κ2) is 8.95. The van der Waals surface area contributed by atoms with Crippen molar-refractivity contribution in [2.45, 2.75) is 39.7 Å². The molecule has 0 saturated carbocycles. The van der Waals surface area contributed by atoms with Crippen LogP contribution in [-0.4, -0.2) is 22.5 Å². The molecular formula is C24H24N4O3. The van der Waals surface area contributed by atoms with Crippen LogP contribution >= 0.6 is 0 Å². The summed E-state index contributed by atoms with van der Waals surface area (Å²) in [6, 6.07) is 13.1. The van der Waals surface area contributed by atoms with E-state index in [2.05, 4.69) is 20.8 Å². The summed E-state index contributed by atoms with van der Waals surface area (Å²) in [6.07, 6.45) is 3.82. The molecule has 4 rings (SSSR count). The summed E-state index contributed by atoms with van der Waals surface area (Å²) < 4.78 is 5.91. The Morgan fingerprint density at radius 2 is 1.87 bits per heavy atom. The fraction of sp³-hybridized carbons (Fsp3) is 0.250. The Hall–Kier alpha value is -3.74. The van der Waals surface area contributed by atoms with Crippen molar-refractivity contribution < 1.29 is 14.0 Å². The van der Waals surface area contributed by atoms with Gasteiger partial charge in [-0.3, -0.25) is 14.6 Å². The number of carbonyl (C=O) groups is 2. The van der Waals surface area contributed by atoms with Gasteiger partial charge in [-0.2, -0.15) is 5.10 Å². The van der Waals surface area contributed by atoms with Crippen LogP contribution in [0.5, 0.6) is 0 Å². The molecule has 31 heavy (non-hydrogen) atoms. The summed E-state index contributed by atoms with van der Waals surface area (Å²) >= 11 is 0. The first-order valence-electron chi connectivity index (χ1n) is 10.3. The number of hydrazone groups is 1. The van der Waals surface area contributed by atoms with Crippen molar-refractivity contribution in [2.24, 2.45) is 5.10 Å². The van der Waals surface area contributed by atoms with Gasteiger partial charge in [-0.1, -0.05) is 35.9 Å². The smallest absolute Gasteiger partial charge is 0.289 e. The highest BCUT2D eigenvalue weighted by molar-refractivity contribution is 6.07. The number of fused-ring (bicyclic) bond motifs is 1. The average molecular weight is 416 g/mol. The molecule has 0 bridgehead atoms. The average Bonchev–Trinajstić information content (AvgIpc) is 3.14. The van der Waals surface area contributed by atoms with E-state index in [0.29, 0.717) is 30.1 Å². The lowest BCUT2D eigenvalue weighted by atomic mass is 9.93. The fourth-order valence-corrected chi connectivity index (χ4v) is 3.64. The van der Waals surface area contributed by atoms with Gasteiger partial charge in [0.1, 0.15) is 11.5 Å². The Balaban J connectivity index is 1.50. The largest absolute Gasteiger partial charge is 0.455 e. The van der Waals surface area contributed by atoms with E-state index in [1.807, 2.05) is 38.1 Å². The maximum absolute atomic E-state index is 12.8. The van der Waals surface area contributed by atoms with Crippen LogP contribution in [0.2, 0.25) is 0 Å². The zero-order valence-electron chi connectivity index (χ0n) is 17.6. The number of amides is 2. The van der Waals surface area contributed by atoms with Crippen molar-refractivity contribution >= 4 is 17.5 Å². The number of rotatable bonds is 5. The van der Waals surface area contributed by atoms with Crippen molar-refractivity contribution in [3.8, 4) is 0 Å². The van der Waals surface area contributed by atoms with Crippen LogP contribution < -0.4 is 10.7 Å². The van der Waals surface area contributed by atoms with Gasteiger partial charge >= 0.3 is 0 Å². The van der Waals surface area contributed by atoms with Gasteiger partial charge in [-0.25, -0.2) is 5.43 Å². The Labute approximate surface area is 180 Å². The minimum atomic E-state index is -0.377. The summed E-state index contributed by atoms with van der Waals surface area (Å²) in [5.41, 5.74) is 7.32. The standard InChI is InChI=1S/C24H24N4O3/c1-15-9-11-17(12-10-15)14-26-24(30)22-16(2)21-18(7-5-8-20(21)31-22)27-28-23(29)19-6-3-4-13-25-19/h3-4,6,9-13H,5,7-8,14H2,1-2H3,(H,26,30)(H,28,29)/b27-18+. The van der Waals surface area contributed by atoms with Crippen molar-refractivity contribution in [3.63, 3.8) is 0 Å². The molecule has 7 heteroatoms. The molecule has 0 fully saturated rings. The number of furan rings is 1. The van der Waals surface area contributed by atoms with Crippen LogP contribution in [0, 0.1) is 13.8 Å². The Bertz CT molecular complexity index is 1130. The number of hydrogen-bond acceptors (Lipinski definition) is 5. The maximum atomic E-state index is 12.8. The highest BCUT2D eigenvalue weighted by atomic mass is 16.4. The molecule has 0 saturated heterocycles. The van der Waals surface area contributed by atoms with Gasteiger partial charge in [0.2, 0.25) is 0 Å². The number of benzene rings is 1. The number of aryl methyl sites for hydroxylation is 2. The van der Waals surface area contributed by atoms with Gasteiger partial charge in [0, 0.05) is 30.3 Å². The Morgan fingerprint density at radius 1 is 1.06 bits per heavy atom. The molecule has 7 nitrogen and oxygen atoms in total. The van der Waals surface area contributed by atoms with Crippen LogP contribution in [0.25, 0.3) is 0 Å². The monoisotopic (exact) mass is 416 g/mol. The number of hydrogen-bond donors (Lipinski definition) is 2. The van der Waals surface area contributed by atoms with Gasteiger partial charge < -0.3 is 9.73 Å². The van der Waals surface area contributed by atoms with Crippen LogP contribution in [0.3, 0.4) is 0 Å². The Morgan fingerprint density at radius 3 is 2.61 bits per heavy atom. The molecule has 1 aliphatic carbocycles. The van der Waals surface area contributed by atoms with Crippen LogP contribution in [0.15, 0.2) is 58.2 Å². The molecule has 2 heterocycles. The first-order valence-corrected chi connectivity index (χ1v) is 10.3. The third kappa shape index (κ3) is 4.55. The lowest BCUT2D eigenvalue weighted by molar-refractivity contribution is 0.0918. The predicted molar refractivity (Wildman–Crippen MR) is 117 cm³/mol. The molecule has 1 aliphatic rings. The molecule has 3 aromatic rings. The summed E-state index contributed by atoms with van der Waals surface area (Å²) in [7, 11) is 0. The second-order valence-corrected chi connectivity index (χ2v) is 7.59. The molecule has 2 N–H and O–H groups in total. The van der Waals surface area contributed by atoms with E-state index in [0.717, 1.165) is 35.3 Å². The van der Waals surface area contributed by atoms with E-state index in [9.17, 15) is 9.59 Å². The SMILES string of the molecule is Cc1ccc(CNC(=O)c2oc3c(c2C)/C(=N/NC(=O)c2ccccn2)CCC3)cc1. The van der Waals surface area contributed by atoms with Crippen LogP contribution in [0.1, 0.15) is 61.9 Å². The van der Waals surface area contributed by atoms with Crippen LogP contribution in [-0.2, 0) is 13.0 Å². The molecule has 0 atom stereocenters. The van der Waals surface area contributed by atoms with E-state index in [-0.39, 0.29) is 11.8 Å². The lowest BCUT2D eigenvalue weighted by Crippen LogP contribution is -2.24. The quantitative estimate of drug-likeness (QED) is 0.620. The third-order valence-electron chi connectivity index (χ3n) is 5.30. The van der Waals surface area contributed by atoms with Gasteiger partial charge in [0.15, 0.2) is 5.76 Å². The molecule has 0 spiro atoms. The minimum Gasteiger partial charge on any atom is -0.455 e. The predicted octanol–water partition coefficient (Wildman–Crippen LogP) is 3.69. The molecule has 158 valence electrons. The van der Waals surface area contributed by atoms with E-state index in [4.69, 9.17) is 4.42 Å². The van der Waals surface area contributed by atoms with Crippen LogP contribution in [0.4, 0.5) is 0 Å². The number of nitrogens with one attached hydrogen (secondary N) is 2. The second-order valence-electron chi connectivity index (χ2n) is 7.59. The molecule has 0 unspecified atom stereocenters. The van der Waals surface area contributed by atoms with Gasteiger partial charge in [-0.05, 0) is 44.4 Å². The number of pyridine rings is 1. The summed E-state index contributed by atoms with van der Waals surface area (Å²) in [4.78, 5) is 29.1. The van der Waals surface area contributed by atoms with Crippen molar-refractivity contribution in [1.82, 2.24) is 15.7 Å². The molecule has 0 radical (unpaired) electrons. The first-order chi connectivity index (χ1) is 15.0. The molecular weight excluding hydrogens is 392 g/mol. The highest BCUT2D eigenvalue weighted by Gasteiger charge is 2.28. The minimum absolute atomic E-state index is 0.260. The van der Waals surface area contributed by atoms with Gasteiger partial charge in [-0.15, -0.1) is 0 Å².